The first kappa shape index (κ1) is 17.8. The van der Waals surface area contributed by atoms with Gasteiger partial charge in [-0.3, -0.25) is 0 Å². The predicted octanol–water partition coefficient (Wildman–Crippen LogP) is -0.752. The molecule has 0 amide bonds. The van der Waals surface area contributed by atoms with Crippen LogP contribution in [0.1, 0.15) is 11.1 Å². The second kappa shape index (κ2) is 8.88. The Bertz CT molecular complexity index is 585. The molecule has 0 saturated carbocycles. The van der Waals surface area contributed by atoms with Crippen molar-refractivity contribution in [1.29, 1.82) is 0 Å². The lowest BCUT2D eigenvalue weighted by Crippen LogP contribution is -2.29. The summed E-state index contributed by atoms with van der Waals surface area (Å²) < 4.78 is 0. The van der Waals surface area contributed by atoms with Crippen LogP contribution in [0.4, 0.5) is 0 Å². The van der Waals surface area contributed by atoms with E-state index in [4.69, 9.17) is 20.1 Å². The molecule has 0 aliphatic heterocycles. The SMILES string of the molecule is C=C.OB(O)c1ccc(C#Cc2ccc(B(O)O)cc2)cc1. The van der Waals surface area contributed by atoms with Crippen molar-refractivity contribution < 1.29 is 20.1 Å². The highest BCUT2D eigenvalue weighted by molar-refractivity contribution is 6.58. The first-order valence-electron chi connectivity index (χ1n) is 6.50. The summed E-state index contributed by atoms with van der Waals surface area (Å²) in [5.74, 6) is 5.88. The van der Waals surface area contributed by atoms with E-state index in [0.717, 1.165) is 11.1 Å². The van der Waals surface area contributed by atoms with Crippen molar-refractivity contribution in [1.82, 2.24) is 0 Å². The van der Waals surface area contributed by atoms with E-state index < -0.39 is 14.2 Å². The van der Waals surface area contributed by atoms with Crippen molar-refractivity contribution in [2.45, 2.75) is 0 Å². The molecule has 0 saturated heterocycles. The van der Waals surface area contributed by atoms with Gasteiger partial charge in [-0.05, 0) is 35.2 Å². The van der Waals surface area contributed by atoms with Crippen LogP contribution in [0.25, 0.3) is 0 Å². The maximum absolute atomic E-state index is 8.97. The van der Waals surface area contributed by atoms with Gasteiger partial charge in [0.1, 0.15) is 0 Å². The van der Waals surface area contributed by atoms with Crippen molar-refractivity contribution in [2.24, 2.45) is 0 Å². The van der Waals surface area contributed by atoms with Crippen LogP contribution in [0.3, 0.4) is 0 Å². The molecule has 4 nitrogen and oxygen atoms in total. The molecular weight excluding hydrogens is 278 g/mol. The second-order valence-corrected chi connectivity index (χ2v) is 4.24. The maximum atomic E-state index is 8.97. The van der Waals surface area contributed by atoms with Gasteiger partial charge in [-0.25, -0.2) is 0 Å². The zero-order valence-electron chi connectivity index (χ0n) is 12.0. The monoisotopic (exact) mass is 294 g/mol. The normalized spacial score (nSPS) is 8.91. The van der Waals surface area contributed by atoms with Gasteiger partial charge in [0.25, 0.3) is 0 Å². The summed E-state index contributed by atoms with van der Waals surface area (Å²) in [4.78, 5) is 0. The molecule has 0 aromatic heterocycles. The Morgan fingerprint density at radius 1 is 0.591 bits per heavy atom. The summed E-state index contributed by atoms with van der Waals surface area (Å²) in [5, 5.41) is 35.9. The van der Waals surface area contributed by atoms with Crippen LogP contribution in [-0.2, 0) is 0 Å². The largest absolute Gasteiger partial charge is 0.488 e. The van der Waals surface area contributed by atoms with Crippen molar-refractivity contribution in [3.05, 3.63) is 72.8 Å². The third-order valence-corrected chi connectivity index (χ3v) is 2.77. The topological polar surface area (TPSA) is 80.9 Å². The minimum absolute atomic E-state index is 0.414. The summed E-state index contributed by atoms with van der Waals surface area (Å²) in [6.45, 7) is 6.00. The molecule has 0 aliphatic rings. The molecule has 4 N–H and O–H groups in total. The maximum Gasteiger partial charge on any atom is 0.488 e. The van der Waals surface area contributed by atoms with Crippen LogP contribution in [0, 0.1) is 11.8 Å². The molecule has 0 unspecified atom stereocenters. The Morgan fingerprint density at radius 2 is 0.864 bits per heavy atom. The summed E-state index contributed by atoms with van der Waals surface area (Å²) in [7, 11) is -2.95. The highest BCUT2D eigenvalue weighted by Crippen LogP contribution is 1.98. The first-order valence-corrected chi connectivity index (χ1v) is 6.50. The number of benzene rings is 2. The molecule has 0 heterocycles. The van der Waals surface area contributed by atoms with E-state index in [2.05, 4.69) is 25.0 Å². The number of hydrogen-bond acceptors (Lipinski definition) is 4. The minimum atomic E-state index is -1.48. The van der Waals surface area contributed by atoms with Gasteiger partial charge >= 0.3 is 14.2 Å². The van der Waals surface area contributed by atoms with Gasteiger partial charge in [0, 0.05) is 11.1 Å². The molecule has 0 radical (unpaired) electrons. The van der Waals surface area contributed by atoms with E-state index in [9.17, 15) is 0 Å². The van der Waals surface area contributed by atoms with E-state index in [1.807, 2.05) is 0 Å². The van der Waals surface area contributed by atoms with Gasteiger partial charge in [-0.2, -0.15) is 0 Å². The Hall–Kier alpha value is -2.29. The Kier molecular flexibility index (Phi) is 7.17. The molecule has 2 rings (SSSR count). The van der Waals surface area contributed by atoms with Crippen LogP contribution in [0.5, 0.6) is 0 Å². The summed E-state index contributed by atoms with van der Waals surface area (Å²) in [6, 6.07) is 13.2. The van der Waals surface area contributed by atoms with Crippen molar-refractivity contribution in [3.63, 3.8) is 0 Å². The second-order valence-electron chi connectivity index (χ2n) is 4.24. The van der Waals surface area contributed by atoms with Gasteiger partial charge in [0.05, 0.1) is 0 Å². The third kappa shape index (κ3) is 5.24. The third-order valence-electron chi connectivity index (χ3n) is 2.77. The fraction of sp³-hybridized carbons (Fsp3) is 0. The molecule has 0 bridgehead atoms. The first-order chi connectivity index (χ1) is 10.6. The Morgan fingerprint density at radius 3 is 1.09 bits per heavy atom. The minimum Gasteiger partial charge on any atom is -0.423 e. The molecule has 2 aromatic carbocycles. The molecule has 6 heteroatoms. The van der Waals surface area contributed by atoms with E-state index in [1.165, 1.54) is 0 Å². The van der Waals surface area contributed by atoms with Gasteiger partial charge in [0.15, 0.2) is 0 Å². The van der Waals surface area contributed by atoms with Gasteiger partial charge in [-0.15, -0.1) is 13.2 Å². The lowest BCUT2D eigenvalue weighted by atomic mass is 9.80. The lowest BCUT2D eigenvalue weighted by molar-refractivity contribution is 0.424. The van der Waals surface area contributed by atoms with E-state index in [0.29, 0.717) is 10.9 Å². The van der Waals surface area contributed by atoms with Crippen LogP contribution in [-0.4, -0.2) is 34.3 Å². The Labute approximate surface area is 130 Å². The van der Waals surface area contributed by atoms with E-state index >= 15 is 0 Å². The fourth-order valence-electron chi connectivity index (χ4n) is 1.62. The van der Waals surface area contributed by atoms with Crippen LogP contribution >= 0.6 is 0 Å². The van der Waals surface area contributed by atoms with Crippen molar-refractivity contribution in [2.75, 3.05) is 0 Å². The van der Waals surface area contributed by atoms with Crippen molar-refractivity contribution in [3.8, 4) is 11.8 Å². The predicted molar refractivity (Wildman–Crippen MR) is 89.8 cm³/mol. The average molecular weight is 294 g/mol. The standard InChI is InChI=1S/C14H12B2O4.C2H4/c17-15(18)13-7-3-11(4-8-13)1-2-12-5-9-14(10-6-12)16(19)20;1-2/h3-10,17-20H;1-2H2. The molecule has 0 aliphatic carbocycles. The zero-order valence-corrected chi connectivity index (χ0v) is 12.0. The summed E-state index contributed by atoms with van der Waals surface area (Å²) in [5.41, 5.74) is 2.33. The molecule has 0 fully saturated rings. The quantitative estimate of drug-likeness (QED) is 0.334. The van der Waals surface area contributed by atoms with Crippen LogP contribution in [0.15, 0.2) is 61.7 Å². The lowest BCUT2D eigenvalue weighted by Gasteiger charge is -1.99. The van der Waals surface area contributed by atoms with Crippen molar-refractivity contribution >= 4 is 25.2 Å². The fourth-order valence-corrected chi connectivity index (χ4v) is 1.62. The summed E-state index contributed by atoms with van der Waals surface area (Å²) in [6.07, 6.45) is 0. The number of rotatable bonds is 2. The highest BCUT2D eigenvalue weighted by atomic mass is 16.4. The van der Waals surface area contributed by atoms with Crippen LogP contribution < -0.4 is 10.9 Å². The zero-order chi connectivity index (χ0) is 16.5. The average Bonchev–Trinajstić information content (AvgIpc) is 2.55. The number of hydrogen-bond donors (Lipinski definition) is 4. The molecule has 110 valence electrons. The van der Waals surface area contributed by atoms with Gasteiger partial charge in [-0.1, -0.05) is 36.1 Å². The molecule has 0 atom stereocenters. The van der Waals surface area contributed by atoms with Crippen LogP contribution in [0.2, 0.25) is 0 Å². The smallest absolute Gasteiger partial charge is 0.423 e. The molecule has 22 heavy (non-hydrogen) atoms. The van der Waals surface area contributed by atoms with Gasteiger partial charge < -0.3 is 20.1 Å². The summed E-state index contributed by atoms with van der Waals surface area (Å²) >= 11 is 0. The molecular formula is C16H16B2O4. The van der Waals surface area contributed by atoms with Gasteiger partial charge in [0.2, 0.25) is 0 Å². The van der Waals surface area contributed by atoms with E-state index in [1.54, 1.807) is 48.5 Å². The highest BCUT2D eigenvalue weighted by Gasteiger charge is 2.09. The Balaban J connectivity index is 0.00000116. The molecule has 2 aromatic rings. The van der Waals surface area contributed by atoms with E-state index in [-0.39, 0.29) is 0 Å². The molecule has 0 spiro atoms.